The van der Waals surface area contributed by atoms with Crippen LogP contribution in [0.25, 0.3) is 0 Å². The Bertz CT molecular complexity index is 366. The third kappa shape index (κ3) is 7.82. The van der Waals surface area contributed by atoms with Crippen LogP contribution in [-0.2, 0) is 22.7 Å². The van der Waals surface area contributed by atoms with E-state index < -0.39 is 0 Å². The van der Waals surface area contributed by atoms with E-state index in [-0.39, 0.29) is 24.4 Å². The second kappa shape index (κ2) is 9.78. The number of ether oxygens (including phenoxy) is 1. The van der Waals surface area contributed by atoms with Gasteiger partial charge in [0.15, 0.2) is 0 Å². The minimum atomic E-state index is -0.0985. The highest BCUT2D eigenvalue weighted by Crippen LogP contribution is 2.05. The molecule has 0 fully saturated rings. The molecule has 19 heavy (non-hydrogen) atoms. The second-order valence-electron chi connectivity index (χ2n) is 4.41. The highest BCUT2D eigenvalue weighted by Gasteiger charge is 2.04. The van der Waals surface area contributed by atoms with Crippen molar-refractivity contribution in [3.8, 4) is 0 Å². The zero-order valence-corrected chi connectivity index (χ0v) is 12.3. The summed E-state index contributed by atoms with van der Waals surface area (Å²) < 4.78 is 5.32. The average Bonchev–Trinajstić information content (AvgIpc) is 2.34. The summed E-state index contributed by atoms with van der Waals surface area (Å²) in [7, 11) is 0. The van der Waals surface area contributed by atoms with Gasteiger partial charge in [0.1, 0.15) is 0 Å². The minimum Gasteiger partial charge on any atom is -0.377 e. The normalized spacial score (nSPS) is 11.5. The first-order chi connectivity index (χ1) is 8.61. The van der Waals surface area contributed by atoms with Crippen molar-refractivity contribution in [1.29, 1.82) is 0 Å². The molecule has 108 valence electrons. The van der Waals surface area contributed by atoms with Gasteiger partial charge in [0, 0.05) is 25.6 Å². The summed E-state index contributed by atoms with van der Waals surface area (Å²) in [6.45, 7) is 5.69. The van der Waals surface area contributed by atoms with Crippen LogP contribution in [-0.4, -0.2) is 18.6 Å². The first kappa shape index (κ1) is 17.9. The molecule has 1 amide bonds. The van der Waals surface area contributed by atoms with Gasteiger partial charge in [-0.2, -0.15) is 0 Å². The number of carbonyl (C=O) groups excluding carboxylic acids is 1. The lowest BCUT2D eigenvalue weighted by Crippen LogP contribution is -2.29. The van der Waals surface area contributed by atoms with E-state index in [2.05, 4.69) is 5.32 Å². The lowest BCUT2D eigenvalue weighted by Gasteiger charge is -2.08. The van der Waals surface area contributed by atoms with Crippen LogP contribution in [0.2, 0.25) is 0 Å². The van der Waals surface area contributed by atoms with Crippen molar-refractivity contribution in [2.75, 3.05) is 6.61 Å². The second-order valence-corrected chi connectivity index (χ2v) is 4.41. The molecule has 0 saturated carbocycles. The van der Waals surface area contributed by atoms with Crippen LogP contribution in [0.1, 0.15) is 31.4 Å². The fraction of sp³-hybridized carbons (Fsp3) is 0.500. The van der Waals surface area contributed by atoms with Gasteiger partial charge in [-0.15, -0.1) is 12.4 Å². The first-order valence-electron chi connectivity index (χ1n) is 6.29. The Labute approximate surface area is 121 Å². The van der Waals surface area contributed by atoms with Gasteiger partial charge in [-0.05, 0) is 25.0 Å². The van der Waals surface area contributed by atoms with Gasteiger partial charge in [-0.3, -0.25) is 4.79 Å². The van der Waals surface area contributed by atoms with E-state index >= 15 is 0 Å². The Hall–Kier alpha value is -1.10. The van der Waals surface area contributed by atoms with Crippen LogP contribution >= 0.6 is 12.4 Å². The summed E-state index contributed by atoms with van der Waals surface area (Å²) in [5.41, 5.74) is 7.77. The molecule has 1 aromatic carbocycles. The van der Waals surface area contributed by atoms with Crippen LogP contribution in [0.4, 0.5) is 0 Å². The van der Waals surface area contributed by atoms with Crippen molar-refractivity contribution < 1.29 is 9.53 Å². The molecule has 0 heterocycles. The first-order valence-corrected chi connectivity index (χ1v) is 6.29. The smallest absolute Gasteiger partial charge is 0.221 e. The van der Waals surface area contributed by atoms with Gasteiger partial charge in [-0.25, -0.2) is 0 Å². The molecule has 0 aliphatic heterocycles. The van der Waals surface area contributed by atoms with Crippen LogP contribution < -0.4 is 11.1 Å². The zero-order valence-electron chi connectivity index (χ0n) is 11.5. The standard InChI is InChI=1S/C14H22N2O2.ClH/c1-3-18-10-13-6-4-12(5-7-13)9-16-14(17)8-11(2)15;/h4-7,11H,3,8-10,15H2,1-2H3,(H,16,17);1H. The molecule has 5 heteroatoms. The van der Waals surface area contributed by atoms with Gasteiger partial charge >= 0.3 is 0 Å². The molecule has 0 saturated heterocycles. The fourth-order valence-corrected chi connectivity index (χ4v) is 1.54. The number of halogens is 1. The van der Waals surface area contributed by atoms with Crippen LogP contribution in [0.3, 0.4) is 0 Å². The quantitative estimate of drug-likeness (QED) is 0.806. The predicted molar refractivity (Wildman–Crippen MR) is 79.1 cm³/mol. The largest absolute Gasteiger partial charge is 0.377 e. The van der Waals surface area contributed by atoms with E-state index in [1.165, 1.54) is 0 Å². The SMILES string of the molecule is CCOCc1ccc(CNC(=O)CC(C)N)cc1.Cl. The van der Waals surface area contributed by atoms with Crippen molar-refractivity contribution in [1.82, 2.24) is 5.32 Å². The number of amides is 1. The molecule has 1 rings (SSSR count). The maximum atomic E-state index is 11.4. The average molecular weight is 287 g/mol. The summed E-state index contributed by atoms with van der Waals surface area (Å²) in [6, 6.07) is 7.94. The van der Waals surface area contributed by atoms with Crippen LogP contribution in [0.5, 0.6) is 0 Å². The van der Waals surface area contributed by atoms with E-state index in [0.29, 0.717) is 19.6 Å². The Morgan fingerprint density at radius 3 is 2.42 bits per heavy atom. The van der Waals surface area contributed by atoms with Crippen LogP contribution in [0.15, 0.2) is 24.3 Å². The molecular formula is C14H23ClN2O2. The molecule has 0 bridgehead atoms. The topological polar surface area (TPSA) is 64.3 Å². The van der Waals surface area contributed by atoms with Gasteiger partial charge < -0.3 is 15.8 Å². The van der Waals surface area contributed by atoms with E-state index in [1.807, 2.05) is 38.1 Å². The highest BCUT2D eigenvalue weighted by molar-refractivity contribution is 5.85. The molecule has 1 aromatic rings. The maximum Gasteiger partial charge on any atom is 0.221 e. The van der Waals surface area contributed by atoms with Crippen molar-refractivity contribution in [2.24, 2.45) is 5.73 Å². The number of hydrogen-bond donors (Lipinski definition) is 2. The number of benzene rings is 1. The third-order valence-electron chi connectivity index (χ3n) is 2.49. The predicted octanol–water partition coefficient (Wildman–Crippen LogP) is 2.00. The fourth-order valence-electron chi connectivity index (χ4n) is 1.54. The molecule has 0 aromatic heterocycles. The van der Waals surface area contributed by atoms with Crippen molar-refractivity contribution in [3.63, 3.8) is 0 Å². The Morgan fingerprint density at radius 2 is 1.89 bits per heavy atom. The molecule has 4 nitrogen and oxygen atoms in total. The van der Waals surface area contributed by atoms with Gasteiger partial charge in [0.05, 0.1) is 6.61 Å². The number of nitrogens with two attached hydrogens (primary N) is 1. The summed E-state index contributed by atoms with van der Waals surface area (Å²) >= 11 is 0. The van der Waals surface area contributed by atoms with Crippen molar-refractivity contribution >= 4 is 18.3 Å². The van der Waals surface area contributed by atoms with Gasteiger partial charge in [-0.1, -0.05) is 24.3 Å². The number of carbonyl (C=O) groups is 1. The summed E-state index contributed by atoms with van der Waals surface area (Å²) in [6.07, 6.45) is 0.364. The van der Waals surface area contributed by atoms with E-state index in [4.69, 9.17) is 10.5 Å². The van der Waals surface area contributed by atoms with E-state index in [9.17, 15) is 4.79 Å². The lowest BCUT2D eigenvalue weighted by molar-refractivity contribution is -0.121. The molecule has 3 N–H and O–H groups in total. The number of nitrogens with one attached hydrogen (secondary N) is 1. The maximum absolute atomic E-state index is 11.4. The number of rotatable bonds is 7. The highest BCUT2D eigenvalue weighted by atomic mass is 35.5. The molecule has 0 spiro atoms. The van der Waals surface area contributed by atoms with Gasteiger partial charge in [0.25, 0.3) is 0 Å². The Morgan fingerprint density at radius 1 is 1.32 bits per heavy atom. The molecule has 1 atom stereocenters. The van der Waals surface area contributed by atoms with Gasteiger partial charge in [0.2, 0.25) is 5.91 Å². The van der Waals surface area contributed by atoms with Crippen LogP contribution in [0, 0.1) is 0 Å². The van der Waals surface area contributed by atoms with E-state index in [0.717, 1.165) is 17.7 Å². The third-order valence-corrected chi connectivity index (χ3v) is 2.49. The molecule has 0 aliphatic rings. The summed E-state index contributed by atoms with van der Waals surface area (Å²) in [4.78, 5) is 11.4. The summed E-state index contributed by atoms with van der Waals surface area (Å²) in [5.74, 6) is -0.0107. The summed E-state index contributed by atoms with van der Waals surface area (Å²) in [5, 5.41) is 2.84. The van der Waals surface area contributed by atoms with E-state index in [1.54, 1.807) is 0 Å². The molecular weight excluding hydrogens is 264 g/mol. The van der Waals surface area contributed by atoms with Crippen molar-refractivity contribution in [2.45, 2.75) is 39.5 Å². The molecule has 1 unspecified atom stereocenters. The Balaban J connectivity index is 0.00000324. The van der Waals surface area contributed by atoms with Crippen molar-refractivity contribution in [3.05, 3.63) is 35.4 Å². The lowest BCUT2D eigenvalue weighted by atomic mass is 10.1. The zero-order chi connectivity index (χ0) is 13.4. The Kier molecular flexibility index (Phi) is 9.21. The number of hydrogen-bond acceptors (Lipinski definition) is 3. The molecule has 0 aliphatic carbocycles. The minimum absolute atomic E-state index is 0. The molecule has 0 radical (unpaired) electrons. The monoisotopic (exact) mass is 286 g/mol.